The number of amides is 1. The minimum atomic E-state index is -0.351. The number of hydrogen-bond donors (Lipinski definition) is 1. The summed E-state index contributed by atoms with van der Waals surface area (Å²) in [6.45, 7) is 11.0. The largest absolute Gasteiger partial charge is 0.438 e. The third-order valence-corrected chi connectivity index (χ3v) is 11.6. The summed E-state index contributed by atoms with van der Waals surface area (Å²) >= 11 is 0. The summed E-state index contributed by atoms with van der Waals surface area (Å²) in [5, 5.41) is 11.2. The lowest BCUT2D eigenvalue weighted by molar-refractivity contribution is -0.132. The van der Waals surface area contributed by atoms with Gasteiger partial charge in [-0.3, -0.25) is 9.80 Å². The molecule has 1 amide bonds. The van der Waals surface area contributed by atoms with Crippen LogP contribution in [0.1, 0.15) is 57.6 Å². The Hall–Kier alpha value is -3.97. The Kier molecular flexibility index (Phi) is 7.09. The van der Waals surface area contributed by atoms with Gasteiger partial charge in [-0.2, -0.15) is 0 Å². The van der Waals surface area contributed by atoms with E-state index in [2.05, 4.69) is 59.0 Å². The molecule has 2 aliphatic carbocycles. The highest BCUT2D eigenvalue weighted by molar-refractivity contribution is 5.73. The third kappa shape index (κ3) is 5.26. The van der Waals surface area contributed by atoms with E-state index in [4.69, 9.17) is 9.47 Å². The Morgan fingerprint density at radius 2 is 1.90 bits per heavy atom. The third-order valence-electron chi connectivity index (χ3n) is 11.6. The zero-order chi connectivity index (χ0) is 32.6. The Balaban J connectivity index is 0.856. The first-order chi connectivity index (χ1) is 23.3. The number of likely N-dealkylation sites (tertiary alicyclic amines) is 2. The highest BCUT2D eigenvalue weighted by Crippen LogP contribution is 2.50. The molecule has 1 atom stereocenters. The van der Waals surface area contributed by atoms with Gasteiger partial charge >= 0.3 is 6.09 Å². The van der Waals surface area contributed by atoms with Gasteiger partial charge in [-0.1, -0.05) is 13.8 Å². The quantitative estimate of drug-likeness (QED) is 0.356. The fourth-order valence-corrected chi connectivity index (χ4v) is 9.18. The molecule has 1 aromatic carbocycles. The lowest BCUT2D eigenvalue weighted by atomic mass is 9.67. The molecule has 4 saturated heterocycles. The number of halogens is 1. The molecule has 4 aliphatic heterocycles. The van der Waals surface area contributed by atoms with Crippen LogP contribution in [0, 0.1) is 23.1 Å². The van der Waals surface area contributed by atoms with E-state index < -0.39 is 0 Å². The van der Waals surface area contributed by atoms with Crippen molar-refractivity contribution in [3.05, 3.63) is 48.6 Å². The Bertz CT molecular complexity index is 1720. The summed E-state index contributed by atoms with van der Waals surface area (Å²) in [6, 6.07) is 5.69. The molecule has 6 heterocycles. The summed E-state index contributed by atoms with van der Waals surface area (Å²) in [6.07, 6.45) is 10.1. The molecular weight excluding hydrogens is 613 g/mol. The second-order valence-electron chi connectivity index (χ2n) is 15.5. The van der Waals surface area contributed by atoms with Crippen LogP contribution < -0.4 is 15.0 Å². The highest BCUT2D eigenvalue weighted by Gasteiger charge is 2.57. The summed E-state index contributed by atoms with van der Waals surface area (Å²) in [7, 11) is 0. The molecule has 9 rings (SSSR count). The SMILES string of the molecule is CC(C)[C@H](C1CC(N2CC3(CNC(=O)O3)C2)C1)N1CC2(CCN(c3ncnnc3Oc3ccc(F)cc3-c3cncnc3C3CC3)C2)C1. The van der Waals surface area contributed by atoms with Gasteiger partial charge in [0.2, 0.25) is 0 Å². The molecule has 2 spiro atoms. The van der Waals surface area contributed by atoms with Crippen LogP contribution in [-0.4, -0.2) is 105 Å². The Morgan fingerprint density at radius 1 is 1.06 bits per heavy atom. The molecule has 252 valence electrons. The number of anilines is 1. The maximum absolute atomic E-state index is 14.6. The van der Waals surface area contributed by atoms with Gasteiger partial charge in [-0.25, -0.2) is 24.1 Å². The van der Waals surface area contributed by atoms with Crippen molar-refractivity contribution < 1.29 is 18.7 Å². The number of aromatic nitrogens is 5. The predicted octanol–water partition coefficient (Wildman–Crippen LogP) is 4.25. The molecule has 48 heavy (non-hydrogen) atoms. The monoisotopic (exact) mass is 655 g/mol. The first kappa shape index (κ1) is 30.1. The molecule has 12 nitrogen and oxygen atoms in total. The van der Waals surface area contributed by atoms with Crippen molar-refractivity contribution in [1.82, 2.24) is 40.3 Å². The van der Waals surface area contributed by atoms with E-state index in [9.17, 15) is 9.18 Å². The second-order valence-corrected chi connectivity index (χ2v) is 15.5. The van der Waals surface area contributed by atoms with Crippen LogP contribution in [0.25, 0.3) is 11.1 Å². The van der Waals surface area contributed by atoms with E-state index in [-0.39, 0.29) is 22.9 Å². The van der Waals surface area contributed by atoms with E-state index in [0.717, 1.165) is 69.8 Å². The van der Waals surface area contributed by atoms with E-state index in [1.165, 1.54) is 31.3 Å². The average molecular weight is 656 g/mol. The van der Waals surface area contributed by atoms with Gasteiger partial charge in [0.05, 0.1) is 12.2 Å². The van der Waals surface area contributed by atoms with Crippen LogP contribution in [0.4, 0.5) is 15.0 Å². The topological polar surface area (TPSA) is 122 Å². The van der Waals surface area contributed by atoms with Crippen LogP contribution in [0.15, 0.2) is 37.1 Å². The van der Waals surface area contributed by atoms with Crippen LogP contribution >= 0.6 is 0 Å². The smallest absolute Gasteiger partial charge is 0.407 e. The summed E-state index contributed by atoms with van der Waals surface area (Å²) in [5.41, 5.74) is 2.23. The summed E-state index contributed by atoms with van der Waals surface area (Å²) in [4.78, 5) is 32.5. The van der Waals surface area contributed by atoms with E-state index in [1.807, 2.05) is 0 Å². The molecule has 3 aromatic rings. The van der Waals surface area contributed by atoms with Crippen LogP contribution in [0.5, 0.6) is 11.6 Å². The number of carbonyl (C=O) groups is 1. The molecule has 0 unspecified atom stereocenters. The lowest BCUT2D eigenvalue weighted by Crippen LogP contribution is -2.70. The number of benzene rings is 1. The number of nitrogens with zero attached hydrogens (tertiary/aromatic N) is 8. The van der Waals surface area contributed by atoms with Crippen LogP contribution in [-0.2, 0) is 4.74 Å². The van der Waals surface area contributed by atoms with Crippen molar-refractivity contribution in [1.29, 1.82) is 0 Å². The van der Waals surface area contributed by atoms with Gasteiger partial charge < -0.3 is 19.7 Å². The lowest BCUT2D eigenvalue weighted by Gasteiger charge is -2.59. The minimum absolute atomic E-state index is 0.212. The van der Waals surface area contributed by atoms with E-state index >= 15 is 0 Å². The number of rotatable bonds is 9. The zero-order valence-corrected chi connectivity index (χ0v) is 27.5. The Labute approximate surface area is 279 Å². The maximum atomic E-state index is 14.6. The molecule has 2 saturated carbocycles. The molecule has 6 fully saturated rings. The molecular formula is C35H42FN9O3. The normalized spacial score (nSPS) is 26.6. The highest BCUT2D eigenvalue weighted by atomic mass is 19.1. The van der Waals surface area contributed by atoms with Crippen molar-refractivity contribution in [3.8, 4) is 22.8 Å². The summed E-state index contributed by atoms with van der Waals surface area (Å²) < 4.78 is 26.5. The zero-order valence-electron chi connectivity index (χ0n) is 27.5. The van der Waals surface area contributed by atoms with Gasteiger partial charge in [0.15, 0.2) is 11.4 Å². The number of carbonyl (C=O) groups excluding carboxylic acids is 1. The van der Waals surface area contributed by atoms with E-state index in [1.54, 1.807) is 18.6 Å². The van der Waals surface area contributed by atoms with Gasteiger partial charge in [0.25, 0.3) is 5.88 Å². The fraction of sp³-hybridized carbons (Fsp3) is 0.600. The standard InChI is InChI=1S/C35H42FN9O3/c1-21(2)30(23-9-25(10-23)44-17-35(18-44)13-38-33(46)48-35)45-15-34(16-45)7-8-43(14-34)31-32(42-41-20-40-31)47-28-6-5-24(36)11-26(28)27-12-37-19-39-29(27)22-3-4-22/h5-6,11-12,19-23,25,30H,3-4,7-10,13-18H2,1-2H3,(H,38,46)/t23?,25?,30-/m1/s1. The van der Waals surface area contributed by atoms with Crippen LogP contribution in [0.3, 0.4) is 0 Å². The number of hydrogen-bond acceptors (Lipinski definition) is 11. The van der Waals surface area contributed by atoms with Crippen molar-refractivity contribution in [3.63, 3.8) is 0 Å². The molecule has 13 heteroatoms. The Morgan fingerprint density at radius 3 is 2.65 bits per heavy atom. The van der Waals surface area contributed by atoms with Crippen LogP contribution in [0.2, 0.25) is 0 Å². The van der Waals surface area contributed by atoms with Crippen molar-refractivity contribution in [2.45, 2.75) is 69.6 Å². The van der Waals surface area contributed by atoms with Crippen molar-refractivity contribution in [2.75, 3.05) is 50.7 Å². The first-order valence-corrected chi connectivity index (χ1v) is 17.4. The number of alkyl carbamates (subject to hydrolysis) is 1. The van der Waals surface area contributed by atoms with Gasteiger partial charge in [-0.05, 0) is 62.1 Å². The van der Waals surface area contributed by atoms with E-state index in [0.29, 0.717) is 59.4 Å². The molecule has 1 N–H and O–H groups in total. The predicted molar refractivity (Wildman–Crippen MR) is 174 cm³/mol. The molecule has 0 radical (unpaired) electrons. The first-order valence-electron chi connectivity index (χ1n) is 17.4. The van der Waals surface area contributed by atoms with Gasteiger partial charge in [-0.15, -0.1) is 10.2 Å². The summed E-state index contributed by atoms with van der Waals surface area (Å²) in [5.74, 6) is 2.75. The number of ether oxygens (including phenoxy) is 2. The second kappa shape index (κ2) is 11.3. The molecule has 0 bridgehead atoms. The fourth-order valence-electron chi connectivity index (χ4n) is 9.18. The number of nitrogens with one attached hydrogen (secondary N) is 1. The minimum Gasteiger partial charge on any atom is -0.438 e. The van der Waals surface area contributed by atoms with Crippen molar-refractivity contribution in [2.24, 2.45) is 17.3 Å². The van der Waals surface area contributed by atoms with Gasteiger partial charge in [0, 0.05) is 80.0 Å². The maximum Gasteiger partial charge on any atom is 0.407 e. The molecule has 6 aliphatic rings. The molecule has 2 aromatic heterocycles. The van der Waals surface area contributed by atoms with Crippen molar-refractivity contribution >= 4 is 11.9 Å². The average Bonchev–Trinajstić information content (AvgIpc) is 3.65. The van der Waals surface area contributed by atoms with Gasteiger partial charge in [0.1, 0.15) is 24.2 Å².